The zero-order chi connectivity index (χ0) is 12.9. The molecule has 1 heterocycles. The van der Waals surface area contributed by atoms with Gasteiger partial charge in [0.1, 0.15) is 0 Å². The molecule has 3 heteroatoms. The molecular weight excluding hydrogens is 214 g/mol. The Morgan fingerprint density at radius 1 is 1.41 bits per heavy atom. The summed E-state index contributed by atoms with van der Waals surface area (Å²) >= 11 is 0. The molecule has 0 aromatic rings. The fourth-order valence-corrected chi connectivity index (χ4v) is 2.60. The molecule has 0 unspecified atom stereocenters. The van der Waals surface area contributed by atoms with E-state index in [0.717, 1.165) is 51.7 Å². The molecule has 0 aliphatic carbocycles. The van der Waals surface area contributed by atoms with Crippen LogP contribution in [0.1, 0.15) is 46.0 Å². The highest BCUT2D eigenvalue weighted by Gasteiger charge is 2.40. The van der Waals surface area contributed by atoms with Gasteiger partial charge in [-0.15, -0.1) is 6.58 Å². The molecule has 1 rings (SSSR count). The number of piperidine rings is 1. The fourth-order valence-electron chi connectivity index (χ4n) is 2.60. The molecule has 1 aliphatic heterocycles. The topological polar surface area (TPSA) is 40.5 Å². The van der Waals surface area contributed by atoms with Crippen LogP contribution >= 0.6 is 0 Å². The van der Waals surface area contributed by atoms with Gasteiger partial charge in [0.2, 0.25) is 0 Å². The lowest BCUT2D eigenvalue weighted by molar-refractivity contribution is -0.152. The molecule has 98 valence electrons. The smallest absolute Gasteiger partial charge is 0.309 e. The third kappa shape index (κ3) is 3.84. The van der Waals surface area contributed by atoms with Gasteiger partial charge in [-0.25, -0.2) is 0 Å². The van der Waals surface area contributed by atoms with Gasteiger partial charge in [0.15, 0.2) is 0 Å². The van der Waals surface area contributed by atoms with Crippen LogP contribution in [0.15, 0.2) is 12.2 Å². The largest absolute Gasteiger partial charge is 0.481 e. The number of nitrogens with zero attached hydrogens (tertiary/aromatic N) is 1. The van der Waals surface area contributed by atoms with Gasteiger partial charge in [0, 0.05) is 6.54 Å². The standard InChI is InChI=1S/C14H25NO2/c1-4-6-14(13(16)17)7-10-15(11-8-14)9-5-12(2)3/h2,4-11H2,1,3H3,(H,16,17). The Kier molecular flexibility index (Phi) is 5.19. The quantitative estimate of drug-likeness (QED) is 0.724. The summed E-state index contributed by atoms with van der Waals surface area (Å²) in [5.74, 6) is -0.598. The first-order valence-electron chi connectivity index (χ1n) is 6.60. The Hall–Kier alpha value is -0.830. The number of hydrogen-bond acceptors (Lipinski definition) is 2. The summed E-state index contributed by atoms with van der Waals surface area (Å²) in [7, 11) is 0. The number of likely N-dealkylation sites (tertiary alicyclic amines) is 1. The lowest BCUT2D eigenvalue weighted by atomic mass is 9.75. The number of carboxylic acids is 1. The van der Waals surface area contributed by atoms with Crippen molar-refractivity contribution in [3.8, 4) is 0 Å². The Labute approximate surface area is 105 Å². The van der Waals surface area contributed by atoms with Crippen LogP contribution in [0.5, 0.6) is 0 Å². The highest BCUT2D eigenvalue weighted by molar-refractivity contribution is 5.74. The van der Waals surface area contributed by atoms with E-state index in [1.165, 1.54) is 5.57 Å². The van der Waals surface area contributed by atoms with Crippen LogP contribution in [-0.2, 0) is 4.79 Å². The molecule has 0 saturated carbocycles. The summed E-state index contributed by atoms with van der Waals surface area (Å²) in [5.41, 5.74) is 0.753. The summed E-state index contributed by atoms with van der Waals surface area (Å²) < 4.78 is 0. The molecule has 0 atom stereocenters. The van der Waals surface area contributed by atoms with E-state index in [9.17, 15) is 9.90 Å². The maximum absolute atomic E-state index is 11.4. The first-order valence-corrected chi connectivity index (χ1v) is 6.60. The van der Waals surface area contributed by atoms with Crippen LogP contribution in [0.2, 0.25) is 0 Å². The second-order valence-corrected chi connectivity index (χ2v) is 5.38. The predicted octanol–water partition coefficient (Wildman–Crippen LogP) is 2.92. The maximum Gasteiger partial charge on any atom is 0.309 e. The van der Waals surface area contributed by atoms with E-state index >= 15 is 0 Å². The van der Waals surface area contributed by atoms with E-state index in [2.05, 4.69) is 18.4 Å². The lowest BCUT2D eigenvalue weighted by Gasteiger charge is -2.38. The Bertz CT molecular complexity index is 278. The highest BCUT2D eigenvalue weighted by atomic mass is 16.4. The van der Waals surface area contributed by atoms with Gasteiger partial charge in [-0.2, -0.15) is 0 Å². The molecule has 0 aromatic heterocycles. The van der Waals surface area contributed by atoms with Gasteiger partial charge < -0.3 is 10.0 Å². The molecule has 3 nitrogen and oxygen atoms in total. The number of carboxylic acid groups (broad SMARTS) is 1. The van der Waals surface area contributed by atoms with Crippen molar-refractivity contribution < 1.29 is 9.90 Å². The minimum Gasteiger partial charge on any atom is -0.481 e. The second kappa shape index (κ2) is 6.20. The average Bonchev–Trinajstić information content (AvgIpc) is 2.28. The van der Waals surface area contributed by atoms with Crippen LogP contribution in [0.4, 0.5) is 0 Å². The van der Waals surface area contributed by atoms with E-state index in [-0.39, 0.29) is 0 Å². The van der Waals surface area contributed by atoms with Crippen molar-refractivity contribution in [2.24, 2.45) is 5.41 Å². The third-order valence-electron chi connectivity index (χ3n) is 3.85. The Morgan fingerprint density at radius 3 is 2.41 bits per heavy atom. The van der Waals surface area contributed by atoms with Gasteiger partial charge in [0.05, 0.1) is 5.41 Å². The zero-order valence-corrected chi connectivity index (χ0v) is 11.2. The highest BCUT2D eigenvalue weighted by Crippen LogP contribution is 2.36. The molecule has 1 N–H and O–H groups in total. The van der Waals surface area contributed by atoms with Crippen molar-refractivity contribution in [3.63, 3.8) is 0 Å². The van der Waals surface area contributed by atoms with Crippen LogP contribution < -0.4 is 0 Å². The van der Waals surface area contributed by atoms with E-state index in [1.807, 2.05) is 6.92 Å². The second-order valence-electron chi connectivity index (χ2n) is 5.38. The van der Waals surface area contributed by atoms with Crippen molar-refractivity contribution in [1.82, 2.24) is 4.90 Å². The maximum atomic E-state index is 11.4. The molecule has 0 amide bonds. The Morgan fingerprint density at radius 2 is 2.00 bits per heavy atom. The minimum absolute atomic E-state index is 0.450. The van der Waals surface area contributed by atoms with Crippen molar-refractivity contribution in [3.05, 3.63) is 12.2 Å². The first-order chi connectivity index (χ1) is 8.00. The first kappa shape index (κ1) is 14.2. The summed E-state index contributed by atoms with van der Waals surface area (Å²) in [5, 5.41) is 9.39. The monoisotopic (exact) mass is 239 g/mol. The number of rotatable bonds is 6. The molecule has 0 spiro atoms. The molecular formula is C14H25NO2. The third-order valence-corrected chi connectivity index (χ3v) is 3.85. The van der Waals surface area contributed by atoms with Crippen LogP contribution in [0.25, 0.3) is 0 Å². The van der Waals surface area contributed by atoms with Gasteiger partial charge >= 0.3 is 5.97 Å². The lowest BCUT2D eigenvalue weighted by Crippen LogP contribution is -2.44. The molecule has 17 heavy (non-hydrogen) atoms. The van der Waals surface area contributed by atoms with E-state index in [0.29, 0.717) is 0 Å². The fraction of sp³-hybridized carbons (Fsp3) is 0.786. The van der Waals surface area contributed by atoms with Crippen molar-refractivity contribution in [2.75, 3.05) is 19.6 Å². The molecule has 1 saturated heterocycles. The van der Waals surface area contributed by atoms with Crippen molar-refractivity contribution in [2.45, 2.75) is 46.0 Å². The van der Waals surface area contributed by atoms with Gasteiger partial charge in [-0.05, 0) is 45.7 Å². The summed E-state index contributed by atoms with van der Waals surface area (Å²) in [4.78, 5) is 13.8. The van der Waals surface area contributed by atoms with E-state index in [1.54, 1.807) is 0 Å². The van der Waals surface area contributed by atoms with Gasteiger partial charge in [0.25, 0.3) is 0 Å². The summed E-state index contributed by atoms with van der Waals surface area (Å²) in [6.07, 6.45) is 4.39. The SMILES string of the molecule is C=C(C)CCN1CCC(CCC)(C(=O)O)CC1. The van der Waals surface area contributed by atoms with E-state index < -0.39 is 11.4 Å². The van der Waals surface area contributed by atoms with Crippen LogP contribution in [0.3, 0.4) is 0 Å². The molecule has 1 fully saturated rings. The summed E-state index contributed by atoms with van der Waals surface area (Å²) in [6.45, 7) is 10.9. The minimum atomic E-state index is -0.598. The zero-order valence-electron chi connectivity index (χ0n) is 11.2. The van der Waals surface area contributed by atoms with Gasteiger partial charge in [-0.1, -0.05) is 18.9 Å². The number of hydrogen-bond donors (Lipinski definition) is 1. The van der Waals surface area contributed by atoms with Gasteiger partial charge in [-0.3, -0.25) is 4.79 Å². The number of aliphatic carboxylic acids is 1. The van der Waals surface area contributed by atoms with Crippen LogP contribution in [-0.4, -0.2) is 35.6 Å². The van der Waals surface area contributed by atoms with Crippen LogP contribution in [0, 0.1) is 5.41 Å². The molecule has 0 aromatic carbocycles. The molecule has 1 aliphatic rings. The Balaban J connectivity index is 2.47. The van der Waals surface area contributed by atoms with Crippen molar-refractivity contribution in [1.29, 1.82) is 0 Å². The van der Waals surface area contributed by atoms with Crippen molar-refractivity contribution >= 4 is 5.97 Å². The average molecular weight is 239 g/mol. The number of carbonyl (C=O) groups is 1. The predicted molar refractivity (Wildman–Crippen MR) is 70.1 cm³/mol. The van der Waals surface area contributed by atoms with E-state index in [4.69, 9.17) is 0 Å². The normalized spacial score (nSPS) is 20.1. The summed E-state index contributed by atoms with van der Waals surface area (Å²) in [6, 6.07) is 0. The molecule has 0 bridgehead atoms. The molecule has 0 radical (unpaired) electrons.